The van der Waals surface area contributed by atoms with Gasteiger partial charge >= 0.3 is 0 Å². The van der Waals surface area contributed by atoms with Crippen LogP contribution in [0.1, 0.15) is 17.7 Å². The maximum Gasteiger partial charge on any atom is 0.224 e. The summed E-state index contributed by atoms with van der Waals surface area (Å²) in [5.41, 5.74) is 2.59. The smallest absolute Gasteiger partial charge is 0.224 e. The summed E-state index contributed by atoms with van der Waals surface area (Å²) in [5.74, 6) is -2.03. The fraction of sp³-hybridized carbons (Fsp3) is 0.188. The third kappa shape index (κ3) is 3.33. The lowest BCUT2D eigenvalue weighted by atomic mass is 10.1. The number of halogens is 2. The van der Waals surface area contributed by atoms with Gasteiger partial charge in [-0.2, -0.15) is 5.10 Å². The Hall–Kier alpha value is -2.83. The fourth-order valence-electron chi connectivity index (χ4n) is 2.26. The highest BCUT2D eigenvalue weighted by atomic mass is 19.2. The van der Waals surface area contributed by atoms with Gasteiger partial charge in [0.25, 0.3) is 0 Å². The first-order valence-electron chi connectivity index (χ1n) is 7.07. The molecule has 0 saturated heterocycles. The zero-order valence-corrected chi connectivity index (χ0v) is 12.4. The molecule has 0 radical (unpaired) electrons. The van der Waals surface area contributed by atoms with E-state index in [0.717, 1.165) is 23.2 Å². The Morgan fingerprint density at radius 3 is 2.87 bits per heavy atom. The van der Waals surface area contributed by atoms with E-state index in [9.17, 15) is 13.6 Å². The monoisotopic (exact) mass is 316 g/mol. The minimum Gasteiger partial charge on any atom is -0.325 e. The van der Waals surface area contributed by atoms with E-state index in [2.05, 4.69) is 20.5 Å². The van der Waals surface area contributed by atoms with Crippen LogP contribution >= 0.6 is 0 Å². The van der Waals surface area contributed by atoms with Crippen molar-refractivity contribution in [1.29, 1.82) is 0 Å². The van der Waals surface area contributed by atoms with E-state index in [4.69, 9.17) is 0 Å². The van der Waals surface area contributed by atoms with Crippen LogP contribution in [0.25, 0.3) is 11.0 Å². The number of pyridine rings is 1. The number of rotatable bonds is 4. The lowest BCUT2D eigenvalue weighted by Crippen LogP contribution is -2.12. The molecule has 3 rings (SSSR count). The van der Waals surface area contributed by atoms with Crippen LogP contribution in [0.4, 0.5) is 14.5 Å². The topological polar surface area (TPSA) is 70.7 Å². The van der Waals surface area contributed by atoms with E-state index in [1.54, 1.807) is 6.07 Å². The van der Waals surface area contributed by atoms with Gasteiger partial charge in [0.2, 0.25) is 5.91 Å². The molecule has 0 aliphatic carbocycles. The van der Waals surface area contributed by atoms with Crippen molar-refractivity contribution in [2.75, 3.05) is 5.32 Å². The second kappa shape index (κ2) is 6.12. The lowest BCUT2D eigenvalue weighted by molar-refractivity contribution is -0.116. The number of benzene rings is 1. The van der Waals surface area contributed by atoms with E-state index in [0.29, 0.717) is 23.3 Å². The summed E-state index contributed by atoms with van der Waals surface area (Å²) >= 11 is 0. The van der Waals surface area contributed by atoms with E-state index < -0.39 is 11.6 Å². The normalized spacial score (nSPS) is 10.9. The Labute approximate surface area is 130 Å². The van der Waals surface area contributed by atoms with Crippen molar-refractivity contribution in [1.82, 2.24) is 15.2 Å². The third-order valence-electron chi connectivity index (χ3n) is 3.51. The molecule has 5 nitrogen and oxygen atoms in total. The largest absolute Gasteiger partial charge is 0.325 e. The highest BCUT2D eigenvalue weighted by molar-refractivity contribution is 5.93. The van der Waals surface area contributed by atoms with Gasteiger partial charge < -0.3 is 5.32 Å². The molecule has 0 bridgehead atoms. The average Bonchev–Trinajstić information content (AvgIpc) is 2.90. The van der Waals surface area contributed by atoms with E-state index in [1.165, 1.54) is 12.3 Å². The van der Waals surface area contributed by atoms with Gasteiger partial charge in [-0.05, 0) is 37.1 Å². The summed E-state index contributed by atoms with van der Waals surface area (Å²) < 4.78 is 26.0. The van der Waals surface area contributed by atoms with Gasteiger partial charge in [0, 0.05) is 17.5 Å². The summed E-state index contributed by atoms with van der Waals surface area (Å²) in [7, 11) is 0. The van der Waals surface area contributed by atoms with Crippen molar-refractivity contribution in [3.05, 3.63) is 53.4 Å². The van der Waals surface area contributed by atoms with Gasteiger partial charge in [-0.3, -0.25) is 9.89 Å². The number of nitrogens with one attached hydrogen (secondary N) is 2. The zero-order valence-electron chi connectivity index (χ0n) is 12.4. The molecule has 0 unspecified atom stereocenters. The number of aryl methyl sites for hydroxylation is 2. The number of hydrogen-bond acceptors (Lipinski definition) is 3. The quantitative estimate of drug-likeness (QED) is 0.777. The Kier molecular flexibility index (Phi) is 4.01. The van der Waals surface area contributed by atoms with Crippen LogP contribution in [-0.4, -0.2) is 21.1 Å². The Morgan fingerprint density at radius 1 is 1.26 bits per heavy atom. The van der Waals surface area contributed by atoms with E-state index in [1.807, 2.05) is 6.92 Å². The van der Waals surface area contributed by atoms with Gasteiger partial charge in [-0.1, -0.05) is 6.07 Å². The summed E-state index contributed by atoms with van der Waals surface area (Å²) in [5, 5.41) is 10.4. The van der Waals surface area contributed by atoms with Crippen molar-refractivity contribution in [2.45, 2.75) is 19.8 Å². The lowest BCUT2D eigenvalue weighted by Gasteiger charge is -2.05. The van der Waals surface area contributed by atoms with Crippen molar-refractivity contribution >= 4 is 22.6 Å². The first-order chi connectivity index (χ1) is 11.0. The Balaban J connectivity index is 1.63. The number of carbonyl (C=O) groups excluding carboxylic acids is 1. The van der Waals surface area contributed by atoms with Gasteiger partial charge in [0.05, 0.1) is 11.9 Å². The summed E-state index contributed by atoms with van der Waals surface area (Å²) in [6, 6.07) is 5.41. The van der Waals surface area contributed by atoms with Gasteiger partial charge in [0.1, 0.15) is 0 Å². The van der Waals surface area contributed by atoms with Crippen LogP contribution in [0.5, 0.6) is 0 Å². The number of hydrogen-bond donors (Lipinski definition) is 2. The SMILES string of the molecule is Cc1[nH]nc2ncc(NC(=O)CCc3ccc(F)c(F)c3)cc12. The highest BCUT2D eigenvalue weighted by Gasteiger charge is 2.08. The first kappa shape index (κ1) is 15.1. The molecule has 2 aromatic heterocycles. The molecular formula is C16H14F2N4O. The Bertz CT molecular complexity index is 876. The van der Waals surface area contributed by atoms with Crippen molar-refractivity contribution < 1.29 is 13.6 Å². The van der Waals surface area contributed by atoms with Gasteiger partial charge in [0.15, 0.2) is 17.3 Å². The van der Waals surface area contributed by atoms with Crippen LogP contribution in [0, 0.1) is 18.6 Å². The zero-order chi connectivity index (χ0) is 16.4. The maximum absolute atomic E-state index is 13.1. The van der Waals surface area contributed by atoms with Crippen molar-refractivity contribution in [3.63, 3.8) is 0 Å². The number of amides is 1. The van der Waals surface area contributed by atoms with Crippen LogP contribution in [-0.2, 0) is 11.2 Å². The van der Waals surface area contributed by atoms with Gasteiger partial charge in [-0.15, -0.1) is 0 Å². The summed E-state index contributed by atoms with van der Waals surface area (Å²) in [6.45, 7) is 1.87. The number of anilines is 1. The second-order valence-corrected chi connectivity index (χ2v) is 5.24. The molecule has 0 saturated carbocycles. The predicted octanol–water partition coefficient (Wildman–Crippen LogP) is 3.12. The molecule has 0 fully saturated rings. The van der Waals surface area contributed by atoms with E-state index in [-0.39, 0.29) is 12.3 Å². The number of aromatic nitrogens is 3. The highest BCUT2D eigenvalue weighted by Crippen LogP contribution is 2.18. The average molecular weight is 316 g/mol. The summed E-state index contributed by atoms with van der Waals surface area (Å²) in [6.07, 6.45) is 2.01. The fourth-order valence-corrected chi connectivity index (χ4v) is 2.26. The van der Waals surface area contributed by atoms with Crippen LogP contribution in [0.2, 0.25) is 0 Å². The number of fused-ring (bicyclic) bond motifs is 1. The third-order valence-corrected chi connectivity index (χ3v) is 3.51. The standard InChI is InChI=1S/C16H14F2N4O/c1-9-12-7-11(8-19-16(12)22-21-9)20-15(23)5-3-10-2-4-13(17)14(18)6-10/h2,4,6-8H,3,5H2,1H3,(H,20,23)(H,19,21,22). The van der Waals surface area contributed by atoms with Crippen LogP contribution in [0.15, 0.2) is 30.5 Å². The molecule has 118 valence electrons. The predicted molar refractivity (Wildman–Crippen MR) is 81.9 cm³/mol. The molecule has 1 amide bonds. The number of carbonyl (C=O) groups is 1. The molecule has 23 heavy (non-hydrogen) atoms. The molecular weight excluding hydrogens is 302 g/mol. The molecule has 0 aliphatic rings. The van der Waals surface area contributed by atoms with Gasteiger partial charge in [-0.25, -0.2) is 13.8 Å². The van der Waals surface area contributed by atoms with Crippen molar-refractivity contribution in [3.8, 4) is 0 Å². The first-order valence-corrected chi connectivity index (χ1v) is 7.07. The molecule has 0 atom stereocenters. The molecule has 1 aromatic carbocycles. The molecule has 0 spiro atoms. The maximum atomic E-state index is 13.1. The molecule has 0 aliphatic heterocycles. The Morgan fingerprint density at radius 2 is 2.09 bits per heavy atom. The number of aromatic amines is 1. The minimum atomic E-state index is -0.909. The molecule has 2 heterocycles. The molecule has 7 heteroatoms. The number of nitrogens with zero attached hydrogens (tertiary/aromatic N) is 2. The minimum absolute atomic E-state index is 0.160. The van der Waals surface area contributed by atoms with Crippen molar-refractivity contribution in [2.24, 2.45) is 0 Å². The van der Waals surface area contributed by atoms with Crippen LogP contribution < -0.4 is 5.32 Å². The van der Waals surface area contributed by atoms with Crippen LogP contribution in [0.3, 0.4) is 0 Å². The number of H-pyrrole nitrogens is 1. The molecule has 2 N–H and O–H groups in total. The molecule has 3 aromatic rings. The van der Waals surface area contributed by atoms with E-state index >= 15 is 0 Å². The second-order valence-electron chi connectivity index (χ2n) is 5.24. The summed E-state index contributed by atoms with van der Waals surface area (Å²) in [4.78, 5) is 16.1.